The Morgan fingerprint density at radius 2 is 2.00 bits per heavy atom. The minimum Gasteiger partial charge on any atom is -0.487 e. The SMILES string of the molecule is O=C1CCC(N2Cc3c(cccc3-n3cc(COc4cccc(CO)c4)nn3)C2=O)C(=O)N1. The third kappa shape index (κ3) is 3.96. The van der Waals surface area contributed by atoms with Gasteiger partial charge in [0.1, 0.15) is 24.1 Å². The van der Waals surface area contributed by atoms with Crippen molar-refractivity contribution in [2.75, 3.05) is 0 Å². The van der Waals surface area contributed by atoms with E-state index in [0.29, 0.717) is 29.1 Å². The third-order valence-electron chi connectivity index (χ3n) is 5.81. The Kier molecular flexibility index (Phi) is 5.35. The Labute approximate surface area is 188 Å². The summed E-state index contributed by atoms with van der Waals surface area (Å²) in [5, 5.41) is 19.9. The van der Waals surface area contributed by atoms with Crippen LogP contribution in [0.5, 0.6) is 5.75 Å². The molecule has 3 heterocycles. The number of ether oxygens (including phenoxy) is 1. The van der Waals surface area contributed by atoms with Crippen molar-refractivity contribution in [3.63, 3.8) is 0 Å². The number of fused-ring (bicyclic) bond motifs is 1. The predicted molar refractivity (Wildman–Crippen MR) is 114 cm³/mol. The predicted octanol–water partition coefficient (Wildman–Crippen LogP) is 1.10. The number of imide groups is 1. The smallest absolute Gasteiger partial charge is 0.255 e. The maximum atomic E-state index is 13.0. The first kappa shape index (κ1) is 20.8. The van der Waals surface area contributed by atoms with Crippen LogP contribution in [0.15, 0.2) is 48.7 Å². The van der Waals surface area contributed by atoms with Gasteiger partial charge >= 0.3 is 0 Å². The van der Waals surface area contributed by atoms with Crippen LogP contribution in [0.25, 0.3) is 5.69 Å². The number of nitrogens with one attached hydrogen (secondary N) is 1. The molecule has 2 aromatic carbocycles. The van der Waals surface area contributed by atoms with Gasteiger partial charge in [-0.05, 0) is 36.2 Å². The molecule has 1 saturated heterocycles. The van der Waals surface area contributed by atoms with Crippen LogP contribution in [0, 0.1) is 0 Å². The standard InChI is InChI=1S/C23H21N5O5/c29-12-14-3-1-4-16(9-14)33-13-15-10-28(26-25-15)19-6-2-5-17-18(19)11-27(23(17)32)20-7-8-21(30)24-22(20)31/h1-6,9-10,20,29H,7-8,11-13H2,(H,24,30,31). The third-order valence-corrected chi connectivity index (χ3v) is 5.81. The van der Waals surface area contributed by atoms with Crippen LogP contribution in [-0.2, 0) is 29.3 Å². The van der Waals surface area contributed by atoms with Gasteiger partial charge in [-0.3, -0.25) is 19.7 Å². The fraction of sp³-hybridized carbons (Fsp3) is 0.261. The average molecular weight is 447 g/mol. The maximum absolute atomic E-state index is 13.0. The van der Waals surface area contributed by atoms with E-state index < -0.39 is 11.9 Å². The monoisotopic (exact) mass is 447 g/mol. The van der Waals surface area contributed by atoms with E-state index >= 15 is 0 Å². The second-order valence-corrected chi connectivity index (χ2v) is 7.95. The number of hydrogen-bond acceptors (Lipinski definition) is 7. The van der Waals surface area contributed by atoms with Gasteiger partial charge in [0.2, 0.25) is 11.8 Å². The van der Waals surface area contributed by atoms with E-state index in [1.54, 1.807) is 47.3 Å². The Hall–Kier alpha value is -4.05. The van der Waals surface area contributed by atoms with Crippen molar-refractivity contribution < 1.29 is 24.2 Å². The van der Waals surface area contributed by atoms with E-state index in [2.05, 4.69) is 15.6 Å². The lowest BCUT2D eigenvalue weighted by molar-refractivity contribution is -0.136. The molecule has 33 heavy (non-hydrogen) atoms. The van der Waals surface area contributed by atoms with Gasteiger partial charge in [0, 0.05) is 24.1 Å². The molecular weight excluding hydrogens is 426 g/mol. The van der Waals surface area contributed by atoms with Crippen molar-refractivity contribution in [1.29, 1.82) is 0 Å². The molecule has 10 heteroatoms. The number of carbonyl (C=O) groups is 3. The van der Waals surface area contributed by atoms with Gasteiger partial charge in [-0.1, -0.05) is 23.4 Å². The summed E-state index contributed by atoms with van der Waals surface area (Å²) in [6.07, 6.45) is 2.24. The summed E-state index contributed by atoms with van der Waals surface area (Å²) in [4.78, 5) is 38.3. The molecule has 168 valence electrons. The average Bonchev–Trinajstić information content (AvgIpc) is 3.43. The van der Waals surface area contributed by atoms with Crippen molar-refractivity contribution in [2.45, 2.75) is 38.6 Å². The molecule has 0 bridgehead atoms. The quantitative estimate of drug-likeness (QED) is 0.542. The van der Waals surface area contributed by atoms with Crippen molar-refractivity contribution in [3.05, 3.63) is 71.0 Å². The van der Waals surface area contributed by atoms with Crippen LogP contribution in [0.1, 0.15) is 40.0 Å². The second kappa shape index (κ2) is 8.47. The molecule has 0 saturated carbocycles. The minimum absolute atomic E-state index is 0.0684. The van der Waals surface area contributed by atoms with Gasteiger partial charge in [-0.25, -0.2) is 4.68 Å². The highest BCUT2D eigenvalue weighted by molar-refractivity contribution is 6.05. The first-order chi connectivity index (χ1) is 16.0. The van der Waals surface area contributed by atoms with Gasteiger partial charge < -0.3 is 14.7 Å². The fourth-order valence-corrected chi connectivity index (χ4v) is 4.16. The number of aliphatic hydroxyl groups is 1. The summed E-state index contributed by atoms with van der Waals surface area (Å²) in [5.41, 5.74) is 3.29. The molecule has 0 radical (unpaired) electrons. The Morgan fingerprint density at radius 1 is 1.15 bits per heavy atom. The van der Waals surface area contributed by atoms with Crippen molar-refractivity contribution in [1.82, 2.24) is 25.2 Å². The zero-order valence-corrected chi connectivity index (χ0v) is 17.6. The van der Waals surface area contributed by atoms with Crippen molar-refractivity contribution in [3.8, 4) is 11.4 Å². The minimum atomic E-state index is -0.676. The first-order valence-electron chi connectivity index (χ1n) is 10.5. The van der Waals surface area contributed by atoms with E-state index in [1.165, 1.54) is 4.90 Å². The lowest BCUT2D eigenvalue weighted by Gasteiger charge is -2.29. The molecule has 1 aromatic heterocycles. The summed E-state index contributed by atoms with van der Waals surface area (Å²) >= 11 is 0. The van der Waals surface area contributed by atoms with E-state index in [1.807, 2.05) is 6.07 Å². The molecule has 2 aliphatic heterocycles. The Bertz CT molecular complexity index is 1250. The summed E-state index contributed by atoms with van der Waals surface area (Å²) in [6, 6.07) is 11.8. The first-order valence-corrected chi connectivity index (χ1v) is 10.5. The zero-order valence-electron chi connectivity index (χ0n) is 17.6. The van der Waals surface area contributed by atoms with E-state index in [9.17, 15) is 19.5 Å². The maximum Gasteiger partial charge on any atom is 0.255 e. The molecule has 2 N–H and O–H groups in total. The number of carbonyl (C=O) groups excluding carboxylic acids is 3. The molecule has 10 nitrogen and oxygen atoms in total. The highest BCUT2D eigenvalue weighted by Gasteiger charge is 2.40. The largest absolute Gasteiger partial charge is 0.487 e. The van der Waals surface area contributed by atoms with Gasteiger partial charge in [0.25, 0.3) is 5.91 Å². The van der Waals surface area contributed by atoms with Crippen LogP contribution in [-0.4, -0.2) is 48.8 Å². The van der Waals surface area contributed by atoms with Crippen molar-refractivity contribution in [2.24, 2.45) is 0 Å². The van der Waals surface area contributed by atoms with Gasteiger partial charge in [0.15, 0.2) is 0 Å². The lowest BCUT2D eigenvalue weighted by atomic mass is 10.0. The van der Waals surface area contributed by atoms with E-state index in [4.69, 9.17) is 4.74 Å². The second-order valence-electron chi connectivity index (χ2n) is 7.95. The summed E-state index contributed by atoms with van der Waals surface area (Å²) in [7, 11) is 0. The number of benzene rings is 2. The van der Waals surface area contributed by atoms with Gasteiger partial charge in [-0.2, -0.15) is 0 Å². The van der Waals surface area contributed by atoms with Gasteiger partial charge in [-0.15, -0.1) is 5.10 Å². The Balaban J connectivity index is 1.34. The molecule has 0 spiro atoms. The highest BCUT2D eigenvalue weighted by Crippen LogP contribution is 2.31. The number of piperidine rings is 1. The number of nitrogens with zero attached hydrogens (tertiary/aromatic N) is 4. The Morgan fingerprint density at radius 3 is 2.82 bits per heavy atom. The topological polar surface area (TPSA) is 127 Å². The van der Waals surface area contributed by atoms with Crippen LogP contribution in [0.3, 0.4) is 0 Å². The number of amides is 3. The van der Waals surface area contributed by atoms with Gasteiger partial charge in [0.05, 0.1) is 18.5 Å². The molecular formula is C23H21N5O5. The zero-order chi connectivity index (χ0) is 22.9. The summed E-state index contributed by atoms with van der Waals surface area (Å²) in [6.45, 7) is 0.364. The molecule has 3 amide bonds. The fourth-order valence-electron chi connectivity index (χ4n) is 4.16. The molecule has 0 aliphatic carbocycles. The molecule has 5 rings (SSSR count). The van der Waals surface area contributed by atoms with Crippen molar-refractivity contribution >= 4 is 17.7 Å². The van der Waals surface area contributed by atoms with Crippen LogP contribution in [0.4, 0.5) is 0 Å². The van der Waals surface area contributed by atoms with Crippen LogP contribution < -0.4 is 10.1 Å². The van der Waals surface area contributed by atoms with Crippen LogP contribution in [0.2, 0.25) is 0 Å². The highest BCUT2D eigenvalue weighted by atomic mass is 16.5. The molecule has 1 unspecified atom stereocenters. The number of aliphatic hydroxyl groups excluding tert-OH is 1. The summed E-state index contributed by atoms with van der Waals surface area (Å²) in [5.74, 6) is -0.392. The number of aromatic nitrogens is 3. The number of rotatable bonds is 6. The number of hydrogen-bond donors (Lipinski definition) is 2. The van der Waals surface area contributed by atoms with Crippen LogP contribution >= 0.6 is 0 Å². The van der Waals surface area contributed by atoms with E-state index in [-0.39, 0.29) is 38.0 Å². The molecule has 3 aromatic rings. The lowest BCUT2D eigenvalue weighted by Crippen LogP contribution is -2.52. The molecule has 1 fully saturated rings. The normalized spacial score (nSPS) is 17.8. The molecule has 2 aliphatic rings. The summed E-state index contributed by atoms with van der Waals surface area (Å²) < 4.78 is 7.34. The molecule has 1 atom stereocenters. The van der Waals surface area contributed by atoms with E-state index in [0.717, 1.165) is 11.1 Å².